The SMILES string of the molecule is CCOC(=O)Nc1cccc(OC(=O)OCC)c1C(=O)OCC. The van der Waals surface area contributed by atoms with Gasteiger partial charge in [0.25, 0.3) is 0 Å². The largest absolute Gasteiger partial charge is 0.513 e. The van der Waals surface area contributed by atoms with Gasteiger partial charge in [-0.15, -0.1) is 0 Å². The van der Waals surface area contributed by atoms with Gasteiger partial charge in [-0.05, 0) is 32.9 Å². The number of carbonyl (C=O) groups is 3. The number of hydrogen-bond acceptors (Lipinski definition) is 7. The van der Waals surface area contributed by atoms with E-state index in [2.05, 4.69) is 10.1 Å². The van der Waals surface area contributed by atoms with Crippen molar-refractivity contribution in [2.24, 2.45) is 0 Å². The fourth-order valence-corrected chi connectivity index (χ4v) is 1.65. The fraction of sp³-hybridized carbons (Fsp3) is 0.400. The molecule has 0 aliphatic heterocycles. The molecule has 1 aromatic rings. The highest BCUT2D eigenvalue weighted by atomic mass is 16.7. The lowest BCUT2D eigenvalue weighted by Crippen LogP contribution is -2.19. The molecule has 8 heteroatoms. The van der Waals surface area contributed by atoms with Gasteiger partial charge >= 0.3 is 18.2 Å². The first-order valence-corrected chi connectivity index (χ1v) is 7.11. The van der Waals surface area contributed by atoms with Crippen LogP contribution >= 0.6 is 0 Å². The van der Waals surface area contributed by atoms with Gasteiger partial charge in [-0.25, -0.2) is 14.4 Å². The Morgan fingerprint density at radius 3 is 2.22 bits per heavy atom. The van der Waals surface area contributed by atoms with E-state index in [0.29, 0.717) is 0 Å². The molecule has 0 bridgehead atoms. The summed E-state index contributed by atoms with van der Waals surface area (Å²) in [4.78, 5) is 35.2. The Bertz CT molecular complexity index is 533. The maximum atomic E-state index is 12.1. The molecule has 1 N–H and O–H groups in total. The normalized spacial score (nSPS) is 9.70. The van der Waals surface area contributed by atoms with Crippen molar-refractivity contribution < 1.29 is 33.3 Å². The maximum Gasteiger partial charge on any atom is 0.513 e. The number of esters is 1. The molecule has 8 nitrogen and oxygen atoms in total. The minimum Gasteiger partial charge on any atom is -0.462 e. The molecule has 0 saturated heterocycles. The standard InChI is InChI=1S/C15H19NO7/c1-4-20-13(17)12-10(16-14(18)21-5-2)8-7-9-11(12)23-15(19)22-6-3/h7-9H,4-6H2,1-3H3,(H,16,18). The summed E-state index contributed by atoms with van der Waals surface area (Å²) in [6.07, 6.45) is -1.71. The van der Waals surface area contributed by atoms with Crippen LogP contribution in [0.3, 0.4) is 0 Å². The van der Waals surface area contributed by atoms with E-state index < -0.39 is 18.2 Å². The number of ether oxygens (including phenoxy) is 4. The Kier molecular flexibility index (Phi) is 7.38. The zero-order valence-corrected chi connectivity index (χ0v) is 13.2. The molecule has 0 spiro atoms. The first-order chi connectivity index (χ1) is 11.0. The van der Waals surface area contributed by atoms with E-state index in [-0.39, 0.29) is 36.8 Å². The Labute approximate surface area is 133 Å². The van der Waals surface area contributed by atoms with E-state index in [1.165, 1.54) is 18.2 Å². The molecule has 0 unspecified atom stereocenters. The lowest BCUT2D eigenvalue weighted by atomic mass is 10.1. The van der Waals surface area contributed by atoms with Gasteiger partial charge in [0.05, 0.1) is 25.5 Å². The average molecular weight is 325 g/mol. The zero-order chi connectivity index (χ0) is 17.2. The number of rotatable bonds is 6. The molecule has 1 rings (SSSR count). The van der Waals surface area contributed by atoms with Crippen molar-refractivity contribution in [2.45, 2.75) is 20.8 Å². The zero-order valence-electron chi connectivity index (χ0n) is 13.2. The van der Waals surface area contributed by atoms with Crippen LogP contribution in [0.15, 0.2) is 18.2 Å². The summed E-state index contributed by atoms with van der Waals surface area (Å²) in [5.74, 6) is -0.838. The van der Waals surface area contributed by atoms with Crippen LogP contribution in [0.1, 0.15) is 31.1 Å². The van der Waals surface area contributed by atoms with E-state index in [1.807, 2.05) is 0 Å². The number of nitrogens with one attached hydrogen (secondary N) is 1. The van der Waals surface area contributed by atoms with E-state index in [4.69, 9.17) is 14.2 Å². The molecular weight excluding hydrogens is 306 g/mol. The molecule has 126 valence electrons. The second kappa shape index (κ2) is 9.29. The van der Waals surface area contributed by atoms with Crippen molar-refractivity contribution in [3.05, 3.63) is 23.8 Å². The number of benzene rings is 1. The van der Waals surface area contributed by atoms with Crippen molar-refractivity contribution in [1.82, 2.24) is 0 Å². The quantitative estimate of drug-likeness (QED) is 0.487. The van der Waals surface area contributed by atoms with Gasteiger partial charge < -0.3 is 18.9 Å². The van der Waals surface area contributed by atoms with Crippen LogP contribution in [0.4, 0.5) is 15.3 Å². The second-order valence-corrected chi connectivity index (χ2v) is 4.03. The summed E-state index contributed by atoms with van der Waals surface area (Å²) >= 11 is 0. The molecule has 0 aliphatic carbocycles. The van der Waals surface area contributed by atoms with Crippen LogP contribution in [0.2, 0.25) is 0 Å². The highest BCUT2D eigenvalue weighted by Gasteiger charge is 2.22. The predicted octanol–water partition coefficient (Wildman–Crippen LogP) is 2.97. The van der Waals surface area contributed by atoms with Crippen molar-refractivity contribution in [3.63, 3.8) is 0 Å². The summed E-state index contributed by atoms with van der Waals surface area (Å²) in [5, 5.41) is 2.40. The first kappa shape index (κ1) is 18.3. The van der Waals surface area contributed by atoms with Gasteiger partial charge in [0.1, 0.15) is 5.56 Å². The second-order valence-electron chi connectivity index (χ2n) is 4.03. The fourth-order valence-electron chi connectivity index (χ4n) is 1.65. The van der Waals surface area contributed by atoms with E-state index in [1.54, 1.807) is 20.8 Å². The Balaban J connectivity index is 3.15. The first-order valence-electron chi connectivity index (χ1n) is 7.11. The van der Waals surface area contributed by atoms with Gasteiger partial charge in [0.15, 0.2) is 5.75 Å². The monoisotopic (exact) mass is 325 g/mol. The minimum atomic E-state index is -0.966. The molecule has 0 fully saturated rings. The summed E-state index contributed by atoms with van der Waals surface area (Å²) in [7, 11) is 0. The van der Waals surface area contributed by atoms with Crippen LogP contribution in [0, 0.1) is 0 Å². The lowest BCUT2D eigenvalue weighted by molar-refractivity contribution is 0.0522. The molecule has 0 aromatic heterocycles. The van der Waals surface area contributed by atoms with Crippen LogP contribution in [0.5, 0.6) is 5.75 Å². The van der Waals surface area contributed by atoms with Crippen molar-refractivity contribution in [1.29, 1.82) is 0 Å². The molecule has 1 aromatic carbocycles. The van der Waals surface area contributed by atoms with Gasteiger partial charge in [0.2, 0.25) is 0 Å². The van der Waals surface area contributed by atoms with Crippen LogP contribution < -0.4 is 10.1 Å². The van der Waals surface area contributed by atoms with E-state index in [9.17, 15) is 14.4 Å². The molecule has 0 saturated carbocycles. The maximum absolute atomic E-state index is 12.1. The minimum absolute atomic E-state index is 0.0869. The average Bonchev–Trinajstić information content (AvgIpc) is 2.48. The van der Waals surface area contributed by atoms with Gasteiger partial charge in [-0.1, -0.05) is 6.07 Å². The third kappa shape index (κ3) is 5.50. The molecular formula is C15H19NO7. The third-order valence-electron chi connectivity index (χ3n) is 2.47. The molecule has 0 aliphatic rings. The molecule has 0 atom stereocenters. The van der Waals surface area contributed by atoms with Gasteiger partial charge in [-0.2, -0.15) is 0 Å². The predicted molar refractivity (Wildman–Crippen MR) is 80.7 cm³/mol. The van der Waals surface area contributed by atoms with E-state index in [0.717, 1.165) is 0 Å². The highest BCUT2D eigenvalue weighted by molar-refractivity contribution is 6.02. The molecule has 0 heterocycles. The number of anilines is 1. The van der Waals surface area contributed by atoms with Crippen LogP contribution in [-0.4, -0.2) is 38.0 Å². The lowest BCUT2D eigenvalue weighted by Gasteiger charge is -2.14. The van der Waals surface area contributed by atoms with Crippen LogP contribution in [-0.2, 0) is 14.2 Å². The smallest absolute Gasteiger partial charge is 0.462 e. The van der Waals surface area contributed by atoms with Gasteiger partial charge in [-0.3, -0.25) is 5.32 Å². The summed E-state index contributed by atoms with van der Waals surface area (Å²) in [6.45, 7) is 5.29. The van der Waals surface area contributed by atoms with Crippen LogP contribution in [0.25, 0.3) is 0 Å². The summed E-state index contributed by atoms with van der Waals surface area (Å²) < 4.78 is 19.4. The molecule has 1 amide bonds. The Hall–Kier alpha value is -2.77. The Morgan fingerprint density at radius 2 is 1.61 bits per heavy atom. The number of hydrogen-bond donors (Lipinski definition) is 1. The molecule has 23 heavy (non-hydrogen) atoms. The van der Waals surface area contributed by atoms with E-state index >= 15 is 0 Å². The van der Waals surface area contributed by atoms with Gasteiger partial charge in [0, 0.05) is 0 Å². The van der Waals surface area contributed by atoms with Crippen molar-refractivity contribution >= 4 is 23.9 Å². The highest BCUT2D eigenvalue weighted by Crippen LogP contribution is 2.28. The summed E-state index contributed by atoms with van der Waals surface area (Å²) in [6, 6.07) is 4.35. The van der Waals surface area contributed by atoms with Crippen molar-refractivity contribution in [3.8, 4) is 5.75 Å². The molecule has 0 radical (unpaired) electrons. The summed E-state index contributed by atoms with van der Waals surface area (Å²) in [5.41, 5.74) is -0.000783. The van der Waals surface area contributed by atoms with Crippen molar-refractivity contribution in [2.75, 3.05) is 25.1 Å². The Morgan fingerprint density at radius 1 is 0.957 bits per heavy atom. The number of carbonyl (C=O) groups excluding carboxylic acids is 3. The topological polar surface area (TPSA) is 100 Å². The third-order valence-corrected chi connectivity index (χ3v) is 2.47. The number of amides is 1.